The summed E-state index contributed by atoms with van der Waals surface area (Å²) in [6.45, 7) is 7.57. The standard InChI is InChI=1S/C43H45Cl2N11O4/c1-26(40-33(44)24-46-25-34(40)45)60-30-5-7-35-32(22-30)41(50-49-35)29-4-8-37(47-23-29)54-17-19-55(20-18-54)39(58)12-15-53-13-9-27(10-14-53)28-3-6-31-36(21-28)52(2)51-42(31)56-16-11-38(57)48-43(56)59/h3-8,21-27H,9-20H2,1-2H3,(H,49,50)(H,48,57,59)/t26-/m1/s1. The smallest absolute Gasteiger partial charge is 0.329 e. The molecule has 0 aliphatic carbocycles. The number of anilines is 2. The van der Waals surface area contributed by atoms with E-state index < -0.39 is 12.1 Å². The highest BCUT2D eigenvalue weighted by Gasteiger charge is 2.29. The van der Waals surface area contributed by atoms with Crippen molar-refractivity contribution >= 4 is 74.5 Å². The Morgan fingerprint density at radius 1 is 0.917 bits per heavy atom. The maximum absolute atomic E-state index is 13.3. The number of ether oxygens (including phenoxy) is 1. The Morgan fingerprint density at radius 2 is 1.70 bits per heavy atom. The molecule has 0 radical (unpaired) electrons. The first-order valence-corrected chi connectivity index (χ1v) is 21.1. The number of likely N-dealkylation sites (tertiary alicyclic amines) is 1. The molecule has 310 valence electrons. The number of pyridine rings is 2. The number of nitrogens with zero attached hydrogens (tertiary/aromatic N) is 9. The lowest BCUT2D eigenvalue weighted by Gasteiger charge is -2.36. The third kappa shape index (κ3) is 7.96. The molecule has 6 aromatic rings. The largest absolute Gasteiger partial charge is 0.486 e. The maximum atomic E-state index is 13.3. The number of imide groups is 1. The molecular weight excluding hydrogens is 805 g/mol. The van der Waals surface area contributed by atoms with E-state index in [0.717, 1.165) is 71.4 Å². The third-order valence-electron chi connectivity index (χ3n) is 12.0. The van der Waals surface area contributed by atoms with Crippen LogP contribution in [0.3, 0.4) is 0 Å². The first-order valence-electron chi connectivity index (χ1n) is 20.3. The molecule has 4 amide bonds. The van der Waals surface area contributed by atoms with Crippen LogP contribution in [0.15, 0.2) is 67.1 Å². The summed E-state index contributed by atoms with van der Waals surface area (Å²) in [6, 6.07) is 15.7. The van der Waals surface area contributed by atoms with Crippen LogP contribution in [0.2, 0.25) is 10.0 Å². The highest BCUT2D eigenvalue weighted by molar-refractivity contribution is 6.35. The van der Waals surface area contributed by atoms with Gasteiger partial charge in [-0.05, 0) is 86.8 Å². The molecule has 4 aromatic heterocycles. The lowest BCUT2D eigenvalue weighted by molar-refractivity contribution is -0.132. The van der Waals surface area contributed by atoms with Gasteiger partial charge in [-0.1, -0.05) is 29.3 Å². The van der Waals surface area contributed by atoms with E-state index in [2.05, 4.69) is 47.5 Å². The molecule has 3 aliphatic heterocycles. The Hall–Kier alpha value is -5.77. The summed E-state index contributed by atoms with van der Waals surface area (Å²) in [5, 5.41) is 17.4. The number of carbonyl (C=O) groups excluding carboxylic acids is 3. The second-order valence-electron chi connectivity index (χ2n) is 15.7. The highest BCUT2D eigenvalue weighted by Crippen LogP contribution is 2.36. The van der Waals surface area contributed by atoms with E-state index in [9.17, 15) is 14.4 Å². The SMILES string of the molecule is C[C@@H](Oc1ccc2[nH]nc(-c3ccc(N4CCN(C(=O)CCN5CCC(c6ccc7c(N8CCC(=O)NC8=O)nn(C)c7c6)CC5)CC4)nc3)c2c1)c1c(Cl)cncc1Cl. The van der Waals surface area contributed by atoms with Crippen molar-refractivity contribution in [2.24, 2.45) is 7.05 Å². The molecule has 9 rings (SSSR count). The van der Waals surface area contributed by atoms with Crippen molar-refractivity contribution in [3.63, 3.8) is 0 Å². The van der Waals surface area contributed by atoms with E-state index >= 15 is 0 Å². The number of aryl methyl sites for hydroxylation is 1. The van der Waals surface area contributed by atoms with E-state index in [4.69, 9.17) is 32.9 Å². The highest BCUT2D eigenvalue weighted by atomic mass is 35.5. The van der Waals surface area contributed by atoms with Crippen molar-refractivity contribution in [3.05, 3.63) is 88.3 Å². The molecule has 2 N–H and O–H groups in total. The van der Waals surface area contributed by atoms with Crippen LogP contribution in [0.5, 0.6) is 5.75 Å². The summed E-state index contributed by atoms with van der Waals surface area (Å²) in [4.78, 5) is 54.5. The monoisotopic (exact) mass is 849 g/mol. The number of hydrogen-bond donors (Lipinski definition) is 2. The van der Waals surface area contributed by atoms with Crippen LogP contribution in [-0.2, 0) is 16.6 Å². The lowest BCUT2D eigenvalue weighted by Crippen LogP contribution is -2.49. The van der Waals surface area contributed by atoms with Crippen LogP contribution in [0.25, 0.3) is 33.1 Å². The second kappa shape index (κ2) is 16.7. The minimum atomic E-state index is -0.433. The van der Waals surface area contributed by atoms with Gasteiger partial charge in [0.2, 0.25) is 11.8 Å². The Labute approximate surface area is 356 Å². The van der Waals surface area contributed by atoms with Gasteiger partial charge in [-0.15, -0.1) is 0 Å². The summed E-state index contributed by atoms with van der Waals surface area (Å²) in [5.74, 6) is 2.44. The predicted molar refractivity (Wildman–Crippen MR) is 231 cm³/mol. The van der Waals surface area contributed by atoms with Gasteiger partial charge in [-0.3, -0.25) is 34.6 Å². The van der Waals surface area contributed by atoms with E-state index in [1.807, 2.05) is 66.1 Å². The summed E-state index contributed by atoms with van der Waals surface area (Å²) in [6.07, 6.45) is 7.34. The van der Waals surface area contributed by atoms with Crippen molar-refractivity contribution in [2.75, 3.05) is 62.2 Å². The van der Waals surface area contributed by atoms with Gasteiger partial charge in [-0.2, -0.15) is 10.2 Å². The van der Waals surface area contributed by atoms with Crippen molar-refractivity contribution in [2.45, 2.75) is 44.6 Å². The zero-order valence-corrected chi connectivity index (χ0v) is 34.9. The fraction of sp³-hybridized carbons (Fsp3) is 0.372. The van der Waals surface area contributed by atoms with Crippen LogP contribution < -0.4 is 19.9 Å². The van der Waals surface area contributed by atoms with Gasteiger partial charge >= 0.3 is 6.03 Å². The van der Waals surface area contributed by atoms with Crippen LogP contribution >= 0.6 is 23.2 Å². The molecule has 0 spiro atoms. The molecule has 3 fully saturated rings. The molecule has 15 nitrogen and oxygen atoms in total. The van der Waals surface area contributed by atoms with E-state index in [0.29, 0.717) is 72.2 Å². The number of piperidine rings is 1. The van der Waals surface area contributed by atoms with Crippen LogP contribution in [0.4, 0.5) is 16.4 Å². The number of benzene rings is 2. The summed E-state index contributed by atoms with van der Waals surface area (Å²) in [5.41, 5.74) is 5.42. The van der Waals surface area contributed by atoms with Crippen molar-refractivity contribution in [3.8, 4) is 17.0 Å². The molecule has 7 heterocycles. The number of fused-ring (bicyclic) bond motifs is 2. The Balaban J connectivity index is 0.746. The number of rotatable bonds is 10. The van der Waals surface area contributed by atoms with E-state index in [1.54, 1.807) is 12.4 Å². The Morgan fingerprint density at radius 3 is 2.43 bits per heavy atom. The molecular formula is C43H45Cl2N11O4. The summed E-state index contributed by atoms with van der Waals surface area (Å²) >= 11 is 12.7. The first-order chi connectivity index (χ1) is 29.1. The number of amides is 4. The molecule has 0 bridgehead atoms. The van der Waals surface area contributed by atoms with Crippen LogP contribution in [0, 0.1) is 0 Å². The average Bonchev–Trinajstić information content (AvgIpc) is 3.83. The molecule has 2 aromatic carbocycles. The van der Waals surface area contributed by atoms with Gasteiger partial charge < -0.3 is 19.4 Å². The van der Waals surface area contributed by atoms with Crippen molar-refractivity contribution < 1.29 is 19.1 Å². The molecule has 60 heavy (non-hydrogen) atoms. The topological polar surface area (TPSA) is 158 Å². The number of carbonyl (C=O) groups is 3. The number of halogens is 2. The Bertz CT molecular complexity index is 2560. The second-order valence-corrected chi connectivity index (χ2v) is 16.5. The molecule has 3 saturated heterocycles. The van der Waals surface area contributed by atoms with Gasteiger partial charge in [0, 0.05) is 99.6 Å². The van der Waals surface area contributed by atoms with Gasteiger partial charge in [0.15, 0.2) is 5.82 Å². The normalized spacial score (nSPS) is 17.4. The maximum Gasteiger partial charge on any atom is 0.329 e. The number of H-pyrrole nitrogens is 1. The zero-order valence-electron chi connectivity index (χ0n) is 33.4. The van der Waals surface area contributed by atoms with Crippen molar-refractivity contribution in [1.82, 2.24) is 45.1 Å². The van der Waals surface area contributed by atoms with Crippen LogP contribution in [0.1, 0.15) is 55.8 Å². The molecule has 0 unspecified atom stereocenters. The Kier molecular flexibility index (Phi) is 11.0. The zero-order chi connectivity index (χ0) is 41.5. The van der Waals surface area contributed by atoms with Gasteiger partial charge in [0.1, 0.15) is 23.4 Å². The number of urea groups is 1. The minimum absolute atomic E-state index is 0.194. The van der Waals surface area contributed by atoms with Gasteiger partial charge in [0.25, 0.3) is 0 Å². The van der Waals surface area contributed by atoms with Crippen molar-refractivity contribution in [1.29, 1.82) is 0 Å². The van der Waals surface area contributed by atoms with E-state index in [-0.39, 0.29) is 18.2 Å². The molecule has 1 atom stereocenters. The fourth-order valence-corrected chi connectivity index (χ4v) is 9.31. The molecule has 0 saturated carbocycles. The number of hydrogen-bond acceptors (Lipinski definition) is 10. The molecule has 17 heteroatoms. The minimum Gasteiger partial charge on any atom is -0.486 e. The number of nitrogens with one attached hydrogen (secondary N) is 2. The van der Waals surface area contributed by atoms with Gasteiger partial charge in [0.05, 0.1) is 21.1 Å². The third-order valence-corrected chi connectivity index (χ3v) is 12.6. The quantitative estimate of drug-likeness (QED) is 0.152. The first kappa shape index (κ1) is 39.7. The lowest BCUT2D eigenvalue weighted by atomic mass is 9.89. The predicted octanol–water partition coefficient (Wildman–Crippen LogP) is 6.72. The average molecular weight is 851 g/mol. The summed E-state index contributed by atoms with van der Waals surface area (Å²) < 4.78 is 8.05. The number of piperazine rings is 1. The number of aromatic amines is 1. The van der Waals surface area contributed by atoms with E-state index in [1.165, 1.54) is 10.5 Å². The van der Waals surface area contributed by atoms with Gasteiger partial charge in [-0.25, -0.2) is 9.78 Å². The van der Waals surface area contributed by atoms with Crippen LogP contribution in [-0.4, -0.2) is 110 Å². The fourth-order valence-electron chi connectivity index (χ4n) is 8.63. The number of aromatic nitrogens is 6. The molecule has 3 aliphatic rings. The summed E-state index contributed by atoms with van der Waals surface area (Å²) in [7, 11) is 1.88.